The van der Waals surface area contributed by atoms with E-state index in [1.165, 1.54) is 6.92 Å². The van der Waals surface area contributed by atoms with Crippen LogP contribution in [0.25, 0.3) is 10.9 Å². The summed E-state index contributed by atoms with van der Waals surface area (Å²) < 4.78 is 0. The van der Waals surface area contributed by atoms with Gasteiger partial charge in [-0.3, -0.25) is 28.8 Å². The zero-order valence-corrected chi connectivity index (χ0v) is 26.8. The smallest absolute Gasteiger partial charge is 0.325 e. The van der Waals surface area contributed by atoms with Gasteiger partial charge in [0.25, 0.3) is 0 Å². The van der Waals surface area contributed by atoms with Gasteiger partial charge < -0.3 is 42.4 Å². The number of rotatable bonds is 16. The third-order valence-electron chi connectivity index (χ3n) is 8.32. The van der Waals surface area contributed by atoms with Gasteiger partial charge in [-0.15, -0.1) is 0 Å². The lowest BCUT2D eigenvalue weighted by Crippen LogP contribution is -2.59. The number of H-pyrrole nitrogens is 1. The van der Waals surface area contributed by atoms with E-state index in [2.05, 4.69) is 31.6 Å². The molecule has 2 aromatic carbocycles. The van der Waals surface area contributed by atoms with Crippen LogP contribution in [-0.4, -0.2) is 82.3 Å². The van der Waals surface area contributed by atoms with Crippen molar-refractivity contribution in [3.05, 3.63) is 71.9 Å². The molecule has 14 nitrogen and oxygen atoms in total. The highest BCUT2D eigenvalue weighted by atomic mass is 16.4. The Morgan fingerprint density at radius 2 is 1.48 bits per heavy atom. The first kappa shape index (κ1) is 35.6. The predicted octanol–water partition coefficient (Wildman–Crippen LogP) is 0.404. The summed E-state index contributed by atoms with van der Waals surface area (Å²) in [6.07, 6.45) is 3.82. The molecule has 0 saturated carbocycles. The number of aromatic nitrogens is 1. The lowest BCUT2D eigenvalue weighted by Gasteiger charge is -2.28. The fraction of sp³-hybridized carbons (Fsp3) is 0.412. The number of aliphatic carboxylic acids is 1. The third kappa shape index (κ3) is 10.1. The van der Waals surface area contributed by atoms with Crippen molar-refractivity contribution in [2.45, 2.75) is 82.1 Å². The van der Waals surface area contributed by atoms with Gasteiger partial charge in [-0.2, -0.15) is 0 Å². The van der Waals surface area contributed by atoms with Crippen LogP contribution < -0.4 is 32.3 Å². The SMILES string of the molecule is C[C@H](NC(=O)[C@H](Cc1c[nH]c2ccccc12)NC(=O)[C@H](CCC(N)=O)NC(=O)[C@@H](Cc1ccccc1)NC(=O)[C@@H]1CCCCN1)C(=O)O. The van der Waals surface area contributed by atoms with Crippen molar-refractivity contribution in [3.8, 4) is 0 Å². The Morgan fingerprint density at radius 3 is 2.17 bits per heavy atom. The normalized spacial score (nSPS) is 16.9. The number of hydrogen-bond donors (Lipinski definition) is 8. The topological polar surface area (TPSA) is 225 Å². The van der Waals surface area contributed by atoms with Crippen molar-refractivity contribution in [1.29, 1.82) is 0 Å². The molecular weight excluding hydrogens is 618 g/mol. The number of nitrogens with two attached hydrogens (primary N) is 1. The van der Waals surface area contributed by atoms with Crippen molar-refractivity contribution >= 4 is 46.4 Å². The summed E-state index contributed by atoms with van der Waals surface area (Å²) in [5, 5.41) is 23.9. The van der Waals surface area contributed by atoms with E-state index in [0.29, 0.717) is 18.5 Å². The zero-order valence-electron chi connectivity index (χ0n) is 26.8. The molecule has 3 aromatic rings. The number of carbonyl (C=O) groups is 6. The molecule has 1 fully saturated rings. The van der Waals surface area contributed by atoms with Gasteiger partial charge in [0.05, 0.1) is 6.04 Å². The summed E-state index contributed by atoms with van der Waals surface area (Å²) in [5.74, 6) is -4.51. The molecule has 0 aliphatic carbocycles. The number of carboxylic acids is 1. The summed E-state index contributed by atoms with van der Waals surface area (Å²) in [4.78, 5) is 80.4. The Kier molecular flexibility index (Phi) is 12.7. The molecule has 5 amide bonds. The van der Waals surface area contributed by atoms with E-state index in [-0.39, 0.29) is 31.6 Å². The van der Waals surface area contributed by atoms with Crippen LogP contribution in [0.3, 0.4) is 0 Å². The second-order valence-electron chi connectivity index (χ2n) is 12.0. The number of piperidine rings is 1. The average molecular weight is 662 g/mol. The minimum atomic E-state index is -1.32. The molecule has 256 valence electrons. The number of para-hydroxylation sites is 1. The van der Waals surface area contributed by atoms with E-state index in [4.69, 9.17) is 5.73 Å². The van der Waals surface area contributed by atoms with Gasteiger partial charge in [-0.05, 0) is 49.9 Å². The van der Waals surface area contributed by atoms with Gasteiger partial charge in [-0.25, -0.2) is 0 Å². The Bertz CT molecular complexity index is 1600. The van der Waals surface area contributed by atoms with E-state index < -0.39 is 59.8 Å². The van der Waals surface area contributed by atoms with Gasteiger partial charge in [0.1, 0.15) is 24.2 Å². The van der Waals surface area contributed by atoms with Crippen LogP contribution in [-0.2, 0) is 41.6 Å². The van der Waals surface area contributed by atoms with Crippen molar-refractivity contribution in [2.24, 2.45) is 5.73 Å². The maximum Gasteiger partial charge on any atom is 0.325 e. The van der Waals surface area contributed by atoms with Gasteiger partial charge in [0, 0.05) is 36.4 Å². The quantitative estimate of drug-likeness (QED) is 0.107. The summed E-state index contributed by atoms with van der Waals surface area (Å²) >= 11 is 0. The highest BCUT2D eigenvalue weighted by Crippen LogP contribution is 2.19. The summed E-state index contributed by atoms with van der Waals surface area (Å²) in [6, 6.07) is 11.1. The molecule has 0 radical (unpaired) electrons. The maximum atomic E-state index is 13.8. The second-order valence-corrected chi connectivity index (χ2v) is 12.0. The predicted molar refractivity (Wildman–Crippen MR) is 177 cm³/mol. The van der Waals surface area contributed by atoms with Crippen LogP contribution >= 0.6 is 0 Å². The first-order valence-corrected chi connectivity index (χ1v) is 16.1. The van der Waals surface area contributed by atoms with Crippen LogP contribution in [0.1, 0.15) is 50.2 Å². The number of primary amides is 1. The molecule has 48 heavy (non-hydrogen) atoms. The Labute approximate surface area is 278 Å². The molecule has 4 rings (SSSR count). The van der Waals surface area contributed by atoms with E-state index in [1.54, 1.807) is 6.20 Å². The first-order valence-electron chi connectivity index (χ1n) is 16.1. The van der Waals surface area contributed by atoms with E-state index in [0.717, 1.165) is 29.3 Å². The number of hydrogen-bond acceptors (Lipinski definition) is 7. The Morgan fingerprint density at radius 1 is 0.833 bits per heavy atom. The number of fused-ring (bicyclic) bond motifs is 1. The number of aromatic amines is 1. The molecule has 1 aliphatic rings. The monoisotopic (exact) mass is 661 g/mol. The third-order valence-corrected chi connectivity index (χ3v) is 8.32. The van der Waals surface area contributed by atoms with Crippen molar-refractivity contribution in [3.63, 3.8) is 0 Å². The molecule has 1 aliphatic heterocycles. The van der Waals surface area contributed by atoms with Crippen molar-refractivity contribution in [2.75, 3.05) is 6.54 Å². The first-order chi connectivity index (χ1) is 23.0. The largest absolute Gasteiger partial charge is 0.480 e. The standard InChI is InChI=1S/C34H43N7O7/c1-20(34(47)48)38-32(45)28(18-22-19-37-24-12-6-5-11-23(22)24)41-31(44)26(14-15-29(35)42)39-33(46)27(17-21-9-3-2-4-10-21)40-30(43)25-13-7-8-16-36-25/h2-6,9-12,19-20,25-28,36-37H,7-8,13-18H2,1H3,(H2,35,42)(H,38,45)(H,39,46)(H,40,43)(H,41,44)(H,47,48)/t20-,25-,26-,27+,28-/m0/s1. The lowest BCUT2D eigenvalue weighted by molar-refractivity contribution is -0.141. The van der Waals surface area contributed by atoms with Gasteiger partial charge in [0.2, 0.25) is 29.5 Å². The number of benzene rings is 2. The minimum Gasteiger partial charge on any atom is -0.480 e. The van der Waals surface area contributed by atoms with E-state index in [1.807, 2.05) is 54.6 Å². The number of carbonyl (C=O) groups excluding carboxylic acids is 5. The highest BCUT2D eigenvalue weighted by Gasteiger charge is 2.32. The fourth-order valence-electron chi connectivity index (χ4n) is 5.61. The van der Waals surface area contributed by atoms with Crippen LogP contribution in [0.2, 0.25) is 0 Å². The van der Waals surface area contributed by atoms with Gasteiger partial charge in [-0.1, -0.05) is 55.0 Å². The van der Waals surface area contributed by atoms with Crippen LogP contribution in [0.4, 0.5) is 0 Å². The van der Waals surface area contributed by atoms with E-state index >= 15 is 0 Å². The summed E-state index contributed by atoms with van der Waals surface area (Å²) in [7, 11) is 0. The second kappa shape index (κ2) is 17.1. The molecule has 0 unspecified atom stereocenters. The lowest BCUT2D eigenvalue weighted by atomic mass is 10.0. The molecule has 5 atom stereocenters. The van der Waals surface area contributed by atoms with Crippen LogP contribution in [0.5, 0.6) is 0 Å². The van der Waals surface area contributed by atoms with Crippen molar-refractivity contribution < 1.29 is 33.9 Å². The molecule has 14 heteroatoms. The zero-order chi connectivity index (χ0) is 34.6. The molecule has 1 aromatic heterocycles. The minimum absolute atomic E-state index is 0.00844. The number of nitrogens with one attached hydrogen (secondary N) is 6. The number of amides is 5. The van der Waals surface area contributed by atoms with Gasteiger partial charge >= 0.3 is 5.97 Å². The van der Waals surface area contributed by atoms with Crippen molar-refractivity contribution in [1.82, 2.24) is 31.6 Å². The molecule has 0 bridgehead atoms. The fourth-order valence-corrected chi connectivity index (χ4v) is 5.61. The molecular formula is C34H43N7O7. The molecule has 9 N–H and O–H groups in total. The maximum absolute atomic E-state index is 13.8. The highest BCUT2D eigenvalue weighted by molar-refractivity contribution is 5.96. The average Bonchev–Trinajstić information content (AvgIpc) is 3.49. The Hall–Kier alpha value is -5.24. The van der Waals surface area contributed by atoms with Crippen LogP contribution in [0.15, 0.2) is 60.8 Å². The molecule has 2 heterocycles. The van der Waals surface area contributed by atoms with Crippen LogP contribution in [0, 0.1) is 0 Å². The number of carboxylic acid groups (broad SMARTS) is 1. The summed E-state index contributed by atoms with van der Waals surface area (Å²) in [5.41, 5.74) is 7.65. The Balaban J connectivity index is 1.56. The summed E-state index contributed by atoms with van der Waals surface area (Å²) in [6.45, 7) is 1.98. The molecule has 1 saturated heterocycles. The van der Waals surface area contributed by atoms with E-state index in [9.17, 15) is 33.9 Å². The molecule has 0 spiro atoms. The van der Waals surface area contributed by atoms with Gasteiger partial charge in [0.15, 0.2) is 0 Å².